The molecule has 8 nitrogen and oxygen atoms in total. The highest BCUT2D eigenvalue weighted by Gasteiger charge is 2.32. The van der Waals surface area contributed by atoms with Gasteiger partial charge in [0.1, 0.15) is 11.8 Å². The number of nitrogens with two attached hydrogens (primary N) is 1. The van der Waals surface area contributed by atoms with Crippen molar-refractivity contribution in [3.05, 3.63) is 35.4 Å². The van der Waals surface area contributed by atoms with Gasteiger partial charge in [0.2, 0.25) is 5.91 Å². The highest BCUT2D eigenvalue weighted by atomic mass is 31.2. The van der Waals surface area contributed by atoms with Crippen LogP contribution in [0.1, 0.15) is 55.5 Å². The third-order valence-electron chi connectivity index (χ3n) is 4.83. The second-order valence-electron chi connectivity index (χ2n) is 7.05. The topological polar surface area (TPSA) is 125 Å². The fourth-order valence-electron chi connectivity index (χ4n) is 3.50. The van der Waals surface area contributed by atoms with Crippen molar-refractivity contribution in [2.45, 2.75) is 51.7 Å². The molecule has 1 aromatic carbocycles. The van der Waals surface area contributed by atoms with Gasteiger partial charge in [0, 0.05) is 18.4 Å². The summed E-state index contributed by atoms with van der Waals surface area (Å²) in [5.41, 5.74) is 6.51. The van der Waals surface area contributed by atoms with Crippen LogP contribution in [0.15, 0.2) is 24.3 Å². The molecule has 1 fully saturated rings. The monoisotopic (exact) mass is 424 g/mol. The molecule has 0 heterocycles. The lowest BCUT2D eigenvalue weighted by Gasteiger charge is -2.28. The molecule has 0 aliphatic heterocycles. The number of Topliss-reactive ketones (excluding diaryl/α,β-unsaturated/α-hetero) is 1. The Morgan fingerprint density at radius 2 is 1.83 bits per heavy atom. The fraction of sp³-hybridized carbons (Fsp3) is 0.550. The fourth-order valence-corrected chi connectivity index (χ4v) is 5.20. The van der Waals surface area contributed by atoms with Crippen LogP contribution in [-0.4, -0.2) is 36.9 Å². The normalized spacial score (nSPS) is 18.3. The predicted octanol–water partition coefficient (Wildman–Crippen LogP) is 2.80. The second-order valence-corrected chi connectivity index (χ2v) is 9.10. The largest absolute Gasteiger partial charge is 0.368 e. The zero-order valence-electron chi connectivity index (χ0n) is 16.9. The van der Waals surface area contributed by atoms with Crippen LogP contribution < -0.4 is 11.1 Å². The SMILES string of the molecule is CCOP(=O)(Cc1ccc(C(=O)N[C@H](C(N)=O)[C@@H]2CCCC(=O)C2)cc1)OCC. The van der Waals surface area contributed by atoms with Gasteiger partial charge in [-0.3, -0.25) is 18.9 Å². The third-order valence-corrected chi connectivity index (χ3v) is 6.88. The molecule has 1 saturated carbocycles. The summed E-state index contributed by atoms with van der Waals surface area (Å²) < 4.78 is 23.2. The lowest BCUT2D eigenvalue weighted by molar-refractivity contribution is -0.124. The Morgan fingerprint density at radius 3 is 2.34 bits per heavy atom. The zero-order valence-corrected chi connectivity index (χ0v) is 17.8. The Kier molecular flexibility index (Phi) is 8.56. The van der Waals surface area contributed by atoms with E-state index < -0.39 is 25.5 Å². The van der Waals surface area contributed by atoms with Gasteiger partial charge in [-0.2, -0.15) is 0 Å². The number of hydrogen-bond donors (Lipinski definition) is 2. The minimum absolute atomic E-state index is 0.0825. The first kappa shape index (κ1) is 23.3. The molecule has 1 aliphatic carbocycles. The van der Waals surface area contributed by atoms with Gasteiger partial charge < -0.3 is 20.1 Å². The second kappa shape index (κ2) is 10.7. The first-order valence-corrected chi connectivity index (χ1v) is 11.6. The van der Waals surface area contributed by atoms with E-state index in [4.69, 9.17) is 14.8 Å². The summed E-state index contributed by atoms with van der Waals surface area (Å²) in [7, 11) is -3.23. The molecule has 9 heteroatoms. The van der Waals surface area contributed by atoms with Gasteiger partial charge in [0.25, 0.3) is 5.91 Å². The molecule has 2 atom stereocenters. The van der Waals surface area contributed by atoms with Gasteiger partial charge in [-0.1, -0.05) is 12.1 Å². The first-order valence-electron chi connectivity index (χ1n) is 9.87. The van der Waals surface area contributed by atoms with E-state index in [-0.39, 0.29) is 37.5 Å². The Labute approximate surface area is 171 Å². The van der Waals surface area contributed by atoms with E-state index in [1.54, 1.807) is 38.1 Å². The Morgan fingerprint density at radius 1 is 1.21 bits per heavy atom. The molecular weight excluding hydrogens is 395 g/mol. The van der Waals surface area contributed by atoms with Gasteiger partial charge in [0.05, 0.1) is 19.4 Å². The van der Waals surface area contributed by atoms with Crippen LogP contribution in [0, 0.1) is 5.92 Å². The maximum Gasteiger partial charge on any atom is 0.335 e. The molecule has 0 aromatic heterocycles. The van der Waals surface area contributed by atoms with Gasteiger partial charge >= 0.3 is 7.60 Å². The van der Waals surface area contributed by atoms with E-state index in [1.165, 1.54) is 0 Å². The molecule has 3 N–H and O–H groups in total. The number of ketones is 1. The Bertz CT molecular complexity index is 770. The van der Waals surface area contributed by atoms with E-state index in [1.807, 2.05) is 0 Å². The standard InChI is InChI=1S/C20H29N2O6P/c1-3-27-29(26,28-4-2)13-14-8-10-15(11-9-14)20(25)22-18(19(21)24)16-6-5-7-17(23)12-16/h8-11,16,18H,3-7,12-13H2,1-2H3,(H2,21,24)(H,22,25)/t16-,18+/m1/s1. The van der Waals surface area contributed by atoms with Crippen molar-refractivity contribution in [2.24, 2.45) is 11.7 Å². The number of primary amides is 1. The van der Waals surface area contributed by atoms with Crippen molar-refractivity contribution >= 4 is 25.2 Å². The molecule has 0 saturated heterocycles. The predicted molar refractivity (Wildman–Crippen MR) is 108 cm³/mol. The molecule has 0 spiro atoms. The summed E-state index contributed by atoms with van der Waals surface area (Å²) in [6, 6.07) is 5.61. The maximum atomic E-state index is 12.6. The molecule has 2 rings (SSSR count). The summed E-state index contributed by atoms with van der Waals surface area (Å²) in [5, 5.41) is 2.66. The van der Waals surface area contributed by atoms with Gasteiger partial charge in [-0.25, -0.2) is 0 Å². The van der Waals surface area contributed by atoms with E-state index in [9.17, 15) is 18.9 Å². The molecule has 1 aromatic rings. The summed E-state index contributed by atoms with van der Waals surface area (Å²) in [5.74, 6) is -1.29. The van der Waals surface area contributed by atoms with Crippen molar-refractivity contribution in [3.8, 4) is 0 Å². The molecule has 160 valence electrons. The smallest absolute Gasteiger partial charge is 0.335 e. The van der Waals surface area contributed by atoms with E-state index in [0.717, 1.165) is 0 Å². The van der Waals surface area contributed by atoms with Crippen LogP contribution in [0.25, 0.3) is 0 Å². The Balaban J connectivity index is 2.06. The average molecular weight is 424 g/mol. The number of hydrogen-bond acceptors (Lipinski definition) is 6. The summed E-state index contributed by atoms with van der Waals surface area (Å²) >= 11 is 0. The lowest BCUT2D eigenvalue weighted by Crippen LogP contribution is -2.50. The highest BCUT2D eigenvalue weighted by molar-refractivity contribution is 7.53. The number of nitrogens with one attached hydrogen (secondary N) is 1. The number of carbonyl (C=O) groups is 3. The quantitative estimate of drug-likeness (QED) is 0.557. The summed E-state index contributed by atoms with van der Waals surface area (Å²) in [6.45, 7) is 4.04. The number of amides is 2. The molecule has 1 aliphatic rings. The number of carbonyl (C=O) groups excluding carboxylic acids is 3. The van der Waals surface area contributed by atoms with Crippen molar-refractivity contribution < 1.29 is 28.0 Å². The minimum Gasteiger partial charge on any atom is -0.368 e. The van der Waals surface area contributed by atoms with Crippen molar-refractivity contribution in [2.75, 3.05) is 13.2 Å². The van der Waals surface area contributed by atoms with Crippen LogP contribution in [0.5, 0.6) is 0 Å². The number of rotatable bonds is 10. The van der Waals surface area contributed by atoms with Crippen LogP contribution in [0.2, 0.25) is 0 Å². The van der Waals surface area contributed by atoms with E-state index in [2.05, 4.69) is 5.32 Å². The van der Waals surface area contributed by atoms with Crippen molar-refractivity contribution in [1.29, 1.82) is 0 Å². The average Bonchev–Trinajstić information content (AvgIpc) is 2.66. The van der Waals surface area contributed by atoms with Crippen LogP contribution in [-0.2, 0) is 29.4 Å². The third kappa shape index (κ3) is 6.77. The minimum atomic E-state index is -3.23. The zero-order chi connectivity index (χ0) is 21.4. The maximum absolute atomic E-state index is 12.6. The summed E-state index contributed by atoms with van der Waals surface area (Å²) in [4.78, 5) is 36.1. The van der Waals surface area contributed by atoms with Crippen molar-refractivity contribution in [3.63, 3.8) is 0 Å². The van der Waals surface area contributed by atoms with Crippen LogP contribution in [0.4, 0.5) is 0 Å². The molecule has 29 heavy (non-hydrogen) atoms. The van der Waals surface area contributed by atoms with Gasteiger partial charge in [-0.05, 0) is 50.3 Å². The molecular formula is C20H29N2O6P. The molecule has 0 bridgehead atoms. The van der Waals surface area contributed by atoms with Crippen LogP contribution in [0.3, 0.4) is 0 Å². The van der Waals surface area contributed by atoms with Gasteiger partial charge in [-0.15, -0.1) is 0 Å². The summed E-state index contributed by atoms with van der Waals surface area (Å²) in [6.07, 6.45) is 2.21. The molecule has 2 amide bonds. The lowest BCUT2D eigenvalue weighted by atomic mass is 9.82. The van der Waals surface area contributed by atoms with E-state index in [0.29, 0.717) is 30.4 Å². The van der Waals surface area contributed by atoms with E-state index >= 15 is 0 Å². The highest BCUT2D eigenvalue weighted by Crippen LogP contribution is 2.51. The number of benzene rings is 1. The Hall–Kier alpha value is -2.02. The van der Waals surface area contributed by atoms with Crippen LogP contribution >= 0.6 is 7.60 Å². The van der Waals surface area contributed by atoms with Gasteiger partial charge in [0.15, 0.2) is 0 Å². The first-order chi connectivity index (χ1) is 13.8. The molecule has 0 unspecified atom stereocenters. The van der Waals surface area contributed by atoms with Crippen molar-refractivity contribution in [1.82, 2.24) is 5.32 Å². The molecule has 0 radical (unpaired) electrons.